The van der Waals surface area contributed by atoms with Gasteiger partial charge in [0.25, 0.3) is 0 Å². The van der Waals surface area contributed by atoms with Crippen LogP contribution in [-0.2, 0) is 33.6 Å². The molecule has 0 bridgehead atoms. The molecule has 3 aromatic rings. The maximum atomic E-state index is 13.6. The summed E-state index contributed by atoms with van der Waals surface area (Å²) in [5, 5.41) is 3.00. The van der Waals surface area contributed by atoms with Crippen molar-refractivity contribution in [2.24, 2.45) is 10.9 Å². The topological polar surface area (TPSA) is 94.5 Å². The van der Waals surface area contributed by atoms with Crippen LogP contribution in [0.2, 0.25) is 0 Å². The van der Waals surface area contributed by atoms with Crippen LogP contribution in [-0.4, -0.2) is 86.7 Å². The number of aliphatic imine (C=N–C) groups is 1. The molecule has 0 saturated carbocycles. The highest BCUT2D eigenvalue weighted by Crippen LogP contribution is 2.41. The summed E-state index contributed by atoms with van der Waals surface area (Å²) in [6, 6.07) is 19.7. The van der Waals surface area contributed by atoms with Gasteiger partial charge in [-0.05, 0) is 78.9 Å². The summed E-state index contributed by atoms with van der Waals surface area (Å²) in [6.45, 7) is 4.89. The lowest BCUT2D eigenvalue weighted by Gasteiger charge is -2.32. The summed E-state index contributed by atoms with van der Waals surface area (Å²) >= 11 is 0. The van der Waals surface area contributed by atoms with Crippen molar-refractivity contribution in [3.63, 3.8) is 0 Å². The first kappa shape index (κ1) is 28.4. The molecule has 1 atom stereocenters. The van der Waals surface area contributed by atoms with Gasteiger partial charge in [-0.2, -0.15) is 0 Å². The summed E-state index contributed by atoms with van der Waals surface area (Å²) in [7, 11) is 3.46. The summed E-state index contributed by atoms with van der Waals surface area (Å²) in [5.41, 5.74) is 8.07. The predicted octanol–water partition coefficient (Wildman–Crippen LogP) is 3.83. The number of piperazine rings is 1. The van der Waals surface area contributed by atoms with Crippen molar-refractivity contribution >= 4 is 40.6 Å². The van der Waals surface area contributed by atoms with Crippen molar-refractivity contribution in [1.29, 1.82) is 0 Å². The first-order valence-corrected chi connectivity index (χ1v) is 15.4. The molecule has 2 amide bonds. The maximum absolute atomic E-state index is 13.6. The molecule has 0 spiro atoms. The van der Waals surface area contributed by atoms with Crippen LogP contribution in [0.1, 0.15) is 38.5 Å². The van der Waals surface area contributed by atoms with E-state index in [1.807, 2.05) is 23.1 Å². The van der Waals surface area contributed by atoms with Crippen LogP contribution >= 0.6 is 0 Å². The van der Waals surface area contributed by atoms with Crippen LogP contribution < -0.4 is 10.2 Å². The highest BCUT2D eigenvalue weighted by molar-refractivity contribution is 6.20. The van der Waals surface area contributed by atoms with Gasteiger partial charge in [0.1, 0.15) is 5.92 Å². The number of hydrogen-bond donors (Lipinski definition) is 1. The molecule has 0 radical (unpaired) electrons. The van der Waals surface area contributed by atoms with E-state index in [1.165, 1.54) is 18.2 Å². The summed E-state index contributed by atoms with van der Waals surface area (Å²) in [6.07, 6.45) is 2.40. The molecular weight excluding hydrogens is 554 g/mol. The highest BCUT2D eigenvalue weighted by atomic mass is 16.5. The zero-order valence-electron chi connectivity index (χ0n) is 25.2. The van der Waals surface area contributed by atoms with E-state index < -0.39 is 11.9 Å². The zero-order chi connectivity index (χ0) is 30.4. The van der Waals surface area contributed by atoms with Crippen LogP contribution in [0.4, 0.5) is 17.1 Å². The van der Waals surface area contributed by atoms with Gasteiger partial charge < -0.3 is 19.9 Å². The van der Waals surface area contributed by atoms with E-state index in [4.69, 9.17) is 9.73 Å². The van der Waals surface area contributed by atoms with Crippen molar-refractivity contribution in [2.45, 2.75) is 25.2 Å². The van der Waals surface area contributed by atoms with Crippen LogP contribution in [0.3, 0.4) is 0 Å². The number of carbonyl (C=O) groups is 3. The molecule has 7 rings (SSSR count). The average molecular weight is 592 g/mol. The average Bonchev–Trinajstić information content (AvgIpc) is 3.74. The Morgan fingerprint density at radius 2 is 1.68 bits per heavy atom. The first-order chi connectivity index (χ1) is 21.4. The molecule has 1 unspecified atom stereocenters. The Kier molecular flexibility index (Phi) is 7.52. The van der Waals surface area contributed by atoms with E-state index >= 15 is 0 Å². The molecule has 0 aromatic heterocycles. The normalized spacial score (nSPS) is 20.3. The van der Waals surface area contributed by atoms with Gasteiger partial charge in [-0.3, -0.25) is 19.5 Å². The number of carbonyl (C=O) groups excluding carboxylic acids is 3. The largest absolute Gasteiger partial charge is 0.465 e. The number of amides is 2. The van der Waals surface area contributed by atoms with Crippen molar-refractivity contribution in [2.75, 3.05) is 63.6 Å². The predicted molar refractivity (Wildman–Crippen MR) is 170 cm³/mol. The molecule has 226 valence electrons. The lowest BCUT2D eigenvalue weighted by Crippen LogP contribution is -2.48. The van der Waals surface area contributed by atoms with Crippen molar-refractivity contribution in [3.8, 4) is 0 Å². The third kappa shape index (κ3) is 5.31. The molecule has 4 aliphatic rings. The van der Waals surface area contributed by atoms with Gasteiger partial charge in [-0.25, -0.2) is 4.79 Å². The second-order valence-electron chi connectivity index (χ2n) is 12.3. The molecule has 9 heteroatoms. The molecule has 1 aliphatic carbocycles. The number of methoxy groups -OCH3 is 1. The monoisotopic (exact) mass is 591 g/mol. The van der Waals surface area contributed by atoms with Gasteiger partial charge in [-0.15, -0.1) is 0 Å². The van der Waals surface area contributed by atoms with Gasteiger partial charge >= 0.3 is 5.97 Å². The number of benzene rings is 3. The number of rotatable bonds is 6. The quantitative estimate of drug-likeness (QED) is 0.346. The molecule has 44 heavy (non-hydrogen) atoms. The Labute approximate surface area is 257 Å². The van der Waals surface area contributed by atoms with Gasteiger partial charge in [0.15, 0.2) is 0 Å². The standard InChI is InChI=1S/C35H37N5O4/c1-38-13-15-39(16-14-38)21-31(41)40-12-11-24-19-27(8-10-30(24)40)36-33(26-17-22-5-3-4-6-23(22)18-26)32-28-9-7-25(35(43)44-2)20-29(28)37-34(32)42/h3-10,19-20,26,32H,11-18,21H2,1-2H3,(H,37,42). The smallest absolute Gasteiger partial charge is 0.337 e. The molecule has 3 heterocycles. The van der Waals surface area contributed by atoms with Crippen LogP contribution in [0.25, 0.3) is 0 Å². The Bertz CT molecular complexity index is 1650. The Morgan fingerprint density at radius 1 is 0.932 bits per heavy atom. The van der Waals surface area contributed by atoms with Crippen LogP contribution in [0.15, 0.2) is 65.7 Å². The first-order valence-electron chi connectivity index (χ1n) is 15.4. The molecule has 1 fully saturated rings. The van der Waals surface area contributed by atoms with Crippen molar-refractivity contribution in [3.05, 3.63) is 88.5 Å². The lowest BCUT2D eigenvalue weighted by atomic mass is 9.85. The fourth-order valence-electron chi connectivity index (χ4n) is 7.11. The zero-order valence-corrected chi connectivity index (χ0v) is 25.2. The number of hydrogen-bond acceptors (Lipinski definition) is 7. The molecule has 3 aromatic carbocycles. The summed E-state index contributed by atoms with van der Waals surface area (Å²) < 4.78 is 4.89. The highest BCUT2D eigenvalue weighted by Gasteiger charge is 2.40. The number of nitrogens with one attached hydrogen (secondary N) is 1. The van der Waals surface area contributed by atoms with Gasteiger partial charge in [0, 0.05) is 55.7 Å². The van der Waals surface area contributed by atoms with Gasteiger partial charge in [0.05, 0.1) is 24.9 Å². The van der Waals surface area contributed by atoms with E-state index in [9.17, 15) is 14.4 Å². The van der Waals surface area contributed by atoms with E-state index in [-0.39, 0.29) is 17.7 Å². The van der Waals surface area contributed by atoms with Crippen molar-refractivity contribution in [1.82, 2.24) is 9.80 Å². The van der Waals surface area contributed by atoms with Gasteiger partial charge in [0.2, 0.25) is 11.8 Å². The van der Waals surface area contributed by atoms with E-state index in [2.05, 4.69) is 52.5 Å². The molecular formula is C35H37N5O4. The van der Waals surface area contributed by atoms with Gasteiger partial charge in [-0.1, -0.05) is 30.3 Å². The lowest BCUT2D eigenvalue weighted by molar-refractivity contribution is -0.120. The molecule has 3 aliphatic heterocycles. The fourth-order valence-corrected chi connectivity index (χ4v) is 7.11. The number of fused-ring (bicyclic) bond motifs is 3. The molecule has 9 nitrogen and oxygen atoms in total. The van der Waals surface area contributed by atoms with E-state index in [1.54, 1.807) is 12.1 Å². The molecule has 1 saturated heterocycles. The molecule has 1 N–H and O–H groups in total. The third-order valence-corrected chi connectivity index (χ3v) is 9.54. The second-order valence-corrected chi connectivity index (χ2v) is 12.3. The minimum atomic E-state index is -0.564. The second kappa shape index (κ2) is 11.6. The third-order valence-electron chi connectivity index (χ3n) is 9.54. The number of nitrogens with zero attached hydrogens (tertiary/aromatic N) is 4. The van der Waals surface area contributed by atoms with Crippen molar-refractivity contribution < 1.29 is 19.1 Å². The number of ether oxygens (including phenoxy) is 1. The summed E-state index contributed by atoms with van der Waals surface area (Å²) in [4.78, 5) is 50.7. The summed E-state index contributed by atoms with van der Waals surface area (Å²) in [5.74, 6) is -0.951. The van der Waals surface area contributed by atoms with E-state index in [0.717, 1.165) is 73.7 Å². The number of anilines is 2. The fraction of sp³-hybridized carbons (Fsp3) is 0.371. The Morgan fingerprint density at radius 3 is 2.41 bits per heavy atom. The Hall–Kier alpha value is -4.34. The minimum absolute atomic E-state index is 0.0595. The maximum Gasteiger partial charge on any atom is 0.337 e. The van der Waals surface area contributed by atoms with E-state index in [0.29, 0.717) is 24.3 Å². The van der Waals surface area contributed by atoms with Crippen LogP contribution in [0, 0.1) is 5.92 Å². The minimum Gasteiger partial charge on any atom is -0.465 e. The van der Waals surface area contributed by atoms with Crippen LogP contribution in [0.5, 0.6) is 0 Å². The Balaban J connectivity index is 1.19. The number of likely N-dealkylation sites (N-methyl/N-ethyl adjacent to an activating group) is 1. The number of esters is 1. The SMILES string of the molecule is COC(=O)c1ccc2c(c1)NC(=O)C2C(=Nc1ccc2c(c1)CCN2C(=O)CN1CCN(C)CC1)C1Cc2ccccc2C1.